The quantitative estimate of drug-likeness (QED) is 0.770. The summed E-state index contributed by atoms with van der Waals surface area (Å²) in [5, 5.41) is 0. The Kier molecular flexibility index (Phi) is 3.72. The van der Waals surface area contributed by atoms with Gasteiger partial charge in [-0.2, -0.15) is 0 Å². The first-order chi connectivity index (χ1) is 8.70. The number of rotatable bonds is 4. The Balaban J connectivity index is 2.42. The van der Waals surface area contributed by atoms with E-state index in [1.54, 1.807) is 6.07 Å². The van der Waals surface area contributed by atoms with Gasteiger partial charge in [-0.25, -0.2) is 4.98 Å². The van der Waals surface area contributed by atoms with Gasteiger partial charge in [-0.3, -0.25) is 4.79 Å². The lowest BCUT2D eigenvalue weighted by molar-refractivity contribution is 0.111. The van der Waals surface area contributed by atoms with E-state index in [-0.39, 0.29) is 6.10 Å². The van der Waals surface area contributed by atoms with Gasteiger partial charge in [-0.1, -0.05) is 30.3 Å². The summed E-state index contributed by atoms with van der Waals surface area (Å²) in [5.74, 6) is 0.390. The second-order valence-electron chi connectivity index (χ2n) is 4.24. The maximum atomic E-state index is 10.9. The highest BCUT2D eigenvalue weighted by Gasteiger charge is 2.09. The third-order valence-corrected chi connectivity index (χ3v) is 2.43. The standard InChI is InChI=1S/C15H15NO2/c1-11(2)18-15-13(10-17)8-9-14(16-15)12-6-4-3-5-7-12/h3-11H,1-2H3. The van der Waals surface area contributed by atoms with E-state index in [0.717, 1.165) is 17.5 Å². The minimum atomic E-state index is -0.0118. The molecule has 0 aliphatic carbocycles. The van der Waals surface area contributed by atoms with E-state index < -0.39 is 0 Å². The fourth-order valence-electron chi connectivity index (χ4n) is 1.63. The van der Waals surface area contributed by atoms with Gasteiger partial charge in [0.25, 0.3) is 0 Å². The summed E-state index contributed by atoms with van der Waals surface area (Å²) in [5.41, 5.74) is 2.28. The fourth-order valence-corrected chi connectivity index (χ4v) is 1.63. The van der Waals surface area contributed by atoms with Crippen LogP contribution in [0.25, 0.3) is 11.3 Å². The van der Waals surface area contributed by atoms with Crippen LogP contribution in [0.3, 0.4) is 0 Å². The van der Waals surface area contributed by atoms with Crippen LogP contribution in [-0.4, -0.2) is 17.4 Å². The molecule has 0 saturated carbocycles. The van der Waals surface area contributed by atoms with Gasteiger partial charge in [0.15, 0.2) is 6.29 Å². The topological polar surface area (TPSA) is 39.2 Å². The lowest BCUT2D eigenvalue weighted by Crippen LogP contribution is -2.09. The Morgan fingerprint density at radius 1 is 1.11 bits per heavy atom. The second kappa shape index (κ2) is 5.45. The molecule has 2 aromatic rings. The van der Waals surface area contributed by atoms with Gasteiger partial charge < -0.3 is 4.74 Å². The number of nitrogens with zero attached hydrogens (tertiary/aromatic N) is 1. The monoisotopic (exact) mass is 241 g/mol. The smallest absolute Gasteiger partial charge is 0.224 e. The van der Waals surface area contributed by atoms with Gasteiger partial charge in [0.05, 0.1) is 17.4 Å². The van der Waals surface area contributed by atoms with Crippen molar-refractivity contribution in [2.45, 2.75) is 20.0 Å². The van der Waals surface area contributed by atoms with Crippen LogP contribution in [-0.2, 0) is 0 Å². The molecule has 1 aromatic heterocycles. The molecule has 0 atom stereocenters. The van der Waals surface area contributed by atoms with E-state index in [2.05, 4.69) is 4.98 Å². The van der Waals surface area contributed by atoms with Crippen LogP contribution in [0, 0.1) is 0 Å². The van der Waals surface area contributed by atoms with Gasteiger partial charge >= 0.3 is 0 Å². The van der Waals surface area contributed by atoms with Crippen LogP contribution in [0.1, 0.15) is 24.2 Å². The average molecular weight is 241 g/mol. The van der Waals surface area contributed by atoms with Gasteiger partial charge in [-0.15, -0.1) is 0 Å². The third kappa shape index (κ3) is 2.74. The van der Waals surface area contributed by atoms with Crippen LogP contribution in [0.2, 0.25) is 0 Å². The van der Waals surface area contributed by atoms with Crippen molar-refractivity contribution < 1.29 is 9.53 Å². The highest BCUT2D eigenvalue weighted by molar-refractivity contribution is 5.79. The number of aldehydes is 1. The molecule has 3 nitrogen and oxygen atoms in total. The number of hydrogen-bond donors (Lipinski definition) is 0. The predicted molar refractivity (Wildman–Crippen MR) is 70.8 cm³/mol. The summed E-state index contributed by atoms with van der Waals surface area (Å²) < 4.78 is 5.56. The molecule has 0 spiro atoms. The van der Waals surface area contributed by atoms with E-state index in [4.69, 9.17) is 4.74 Å². The largest absolute Gasteiger partial charge is 0.474 e. The highest BCUT2D eigenvalue weighted by Crippen LogP contribution is 2.22. The molecule has 0 aliphatic rings. The van der Waals surface area contributed by atoms with Crippen LogP contribution >= 0.6 is 0 Å². The SMILES string of the molecule is CC(C)Oc1nc(-c2ccccc2)ccc1C=O. The summed E-state index contributed by atoms with van der Waals surface area (Å²) in [6.45, 7) is 3.82. The average Bonchev–Trinajstić information content (AvgIpc) is 2.39. The molecule has 2 rings (SSSR count). The minimum absolute atomic E-state index is 0.0118. The first-order valence-corrected chi connectivity index (χ1v) is 5.89. The summed E-state index contributed by atoms with van der Waals surface area (Å²) in [6, 6.07) is 13.4. The van der Waals surface area contributed by atoms with Crippen LogP contribution in [0.15, 0.2) is 42.5 Å². The van der Waals surface area contributed by atoms with Gasteiger partial charge in [-0.05, 0) is 26.0 Å². The zero-order chi connectivity index (χ0) is 13.0. The number of hydrogen-bond acceptors (Lipinski definition) is 3. The van der Waals surface area contributed by atoms with E-state index >= 15 is 0 Å². The van der Waals surface area contributed by atoms with E-state index in [1.165, 1.54) is 0 Å². The van der Waals surface area contributed by atoms with Crippen molar-refractivity contribution >= 4 is 6.29 Å². The van der Waals surface area contributed by atoms with Gasteiger partial charge in [0.1, 0.15) is 0 Å². The maximum Gasteiger partial charge on any atom is 0.224 e. The molecule has 3 heteroatoms. The number of carbonyl (C=O) groups excluding carboxylic acids is 1. The van der Waals surface area contributed by atoms with Crippen LogP contribution in [0.5, 0.6) is 5.88 Å². The Bertz CT molecular complexity index is 535. The molecule has 0 fully saturated rings. The Labute approximate surface area is 106 Å². The first-order valence-electron chi connectivity index (χ1n) is 5.89. The van der Waals surface area contributed by atoms with Gasteiger partial charge in [0.2, 0.25) is 5.88 Å². The molecule has 1 aromatic carbocycles. The molecule has 1 heterocycles. The Morgan fingerprint density at radius 3 is 2.44 bits per heavy atom. The number of ether oxygens (including phenoxy) is 1. The van der Waals surface area contributed by atoms with E-state index in [0.29, 0.717) is 11.4 Å². The Hall–Kier alpha value is -2.16. The molecule has 0 radical (unpaired) electrons. The molecule has 0 unspecified atom stereocenters. The van der Waals surface area contributed by atoms with Crippen molar-refractivity contribution in [3.8, 4) is 17.1 Å². The summed E-state index contributed by atoms with van der Waals surface area (Å²) in [7, 11) is 0. The highest BCUT2D eigenvalue weighted by atomic mass is 16.5. The number of benzene rings is 1. The maximum absolute atomic E-state index is 10.9. The normalized spacial score (nSPS) is 10.4. The molecular formula is C15H15NO2. The van der Waals surface area contributed by atoms with Crippen LogP contribution < -0.4 is 4.74 Å². The number of aromatic nitrogens is 1. The number of carbonyl (C=O) groups is 1. The van der Waals surface area contributed by atoms with Crippen molar-refractivity contribution in [3.05, 3.63) is 48.0 Å². The van der Waals surface area contributed by atoms with Crippen molar-refractivity contribution in [2.24, 2.45) is 0 Å². The summed E-state index contributed by atoms with van der Waals surface area (Å²) in [6.07, 6.45) is 0.752. The van der Waals surface area contributed by atoms with Crippen LogP contribution in [0.4, 0.5) is 0 Å². The zero-order valence-corrected chi connectivity index (χ0v) is 10.5. The van der Waals surface area contributed by atoms with Crippen molar-refractivity contribution in [1.29, 1.82) is 0 Å². The van der Waals surface area contributed by atoms with Crippen molar-refractivity contribution in [1.82, 2.24) is 4.98 Å². The van der Waals surface area contributed by atoms with Crippen molar-refractivity contribution in [2.75, 3.05) is 0 Å². The lowest BCUT2D eigenvalue weighted by atomic mass is 10.1. The molecular weight excluding hydrogens is 226 g/mol. The molecule has 0 saturated heterocycles. The zero-order valence-electron chi connectivity index (χ0n) is 10.5. The molecule has 0 bridgehead atoms. The van der Waals surface area contributed by atoms with Crippen molar-refractivity contribution in [3.63, 3.8) is 0 Å². The molecule has 0 N–H and O–H groups in total. The van der Waals surface area contributed by atoms with Gasteiger partial charge in [0, 0.05) is 5.56 Å². The predicted octanol–water partition coefficient (Wildman–Crippen LogP) is 3.35. The fraction of sp³-hybridized carbons (Fsp3) is 0.200. The number of pyridine rings is 1. The Morgan fingerprint density at radius 2 is 1.83 bits per heavy atom. The van der Waals surface area contributed by atoms with E-state index in [9.17, 15) is 4.79 Å². The lowest BCUT2D eigenvalue weighted by Gasteiger charge is -2.11. The second-order valence-corrected chi connectivity index (χ2v) is 4.24. The summed E-state index contributed by atoms with van der Waals surface area (Å²) in [4.78, 5) is 15.3. The minimum Gasteiger partial charge on any atom is -0.474 e. The van der Waals surface area contributed by atoms with E-state index in [1.807, 2.05) is 50.2 Å². The molecule has 0 amide bonds. The molecule has 0 aliphatic heterocycles. The first kappa shape index (κ1) is 12.3. The summed E-state index contributed by atoms with van der Waals surface area (Å²) >= 11 is 0. The molecule has 92 valence electrons. The third-order valence-electron chi connectivity index (χ3n) is 2.43. The molecule has 18 heavy (non-hydrogen) atoms.